The van der Waals surface area contributed by atoms with Crippen LogP contribution >= 0.6 is 23.2 Å². The van der Waals surface area contributed by atoms with Gasteiger partial charge in [-0.2, -0.15) is 0 Å². The number of carbonyl (C=O) groups excluding carboxylic acids is 2. The van der Waals surface area contributed by atoms with Crippen LogP contribution in [0.25, 0.3) is 0 Å². The molecular formula is C42H59Cl2N3O4. The van der Waals surface area contributed by atoms with Crippen LogP contribution in [0.3, 0.4) is 0 Å². The Morgan fingerprint density at radius 2 is 1.49 bits per heavy atom. The molecule has 2 heterocycles. The highest BCUT2D eigenvalue weighted by Gasteiger charge is 2.26. The summed E-state index contributed by atoms with van der Waals surface area (Å²) in [5, 5.41) is 1.22. The Balaban J connectivity index is 1.06. The van der Waals surface area contributed by atoms with Crippen molar-refractivity contribution in [3.05, 3.63) is 76.3 Å². The number of unbranched alkanes of at least 4 members (excludes halogenated alkanes) is 9. The molecule has 0 saturated carbocycles. The fraction of sp³-hybridized carbons (Fsp3) is 0.571. The number of rotatable bonds is 23. The SMILES string of the molecule is CC/C=C\CCCC/C=C\CCCCCCCC(=O)OCN1C(=O)CCc2ccc(OCCCCN3CCN(c4cccc(Cl)c4Cl)CC3)cc21. The summed E-state index contributed by atoms with van der Waals surface area (Å²) < 4.78 is 11.7. The van der Waals surface area contributed by atoms with E-state index in [0.29, 0.717) is 35.9 Å². The molecule has 7 nitrogen and oxygen atoms in total. The number of ether oxygens (including phenoxy) is 2. The van der Waals surface area contributed by atoms with E-state index in [1.54, 1.807) is 4.90 Å². The summed E-state index contributed by atoms with van der Waals surface area (Å²) in [5.74, 6) is 0.464. The molecule has 2 aliphatic rings. The van der Waals surface area contributed by atoms with Crippen LogP contribution in [0.15, 0.2) is 60.7 Å². The van der Waals surface area contributed by atoms with Gasteiger partial charge in [-0.25, -0.2) is 0 Å². The molecular weight excluding hydrogens is 681 g/mol. The average molecular weight is 741 g/mol. The van der Waals surface area contributed by atoms with Crippen LogP contribution in [0.2, 0.25) is 10.0 Å². The Labute approximate surface area is 316 Å². The summed E-state index contributed by atoms with van der Waals surface area (Å²) in [7, 11) is 0. The molecule has 0 aromatic heterocycles. The van der Waals surface area contributed by atoms with Crippen molar-refractivity contribution in [1.29, 1.82) is 0 Å². The lowest BCUT2D eigenvalue weighted by molar-refractivity contribution is -0.144. The standard InChI is InChI=1S/C42H59Cl2N3O4/c1-2-3-4-5-6-7-8-9-10-11-12-13-14-15-16-22-41(49)51-34-47-39-33-36(25-23-35(39)24-26-40(47)48)50-32-18-17-27-45-28-30-46(31-29-45)38-21-19-20-37(43)42(38)44/h3-4,9-10,19-21,23,25,33H,2,5-8,11-18,22,24,26-32,34H2,1H3/b4-3-,10-9-. The molecule has 0 radical (unpaired) electrons. The number of piperazine rings is 1. The van der Waals surface area contributed by atoms with Crippen LogP contribution in [0, 0.1) is 0 Å². The molecule has 1 fully saturated rings. The van der Waals surface area contributed by atoms with Gasteiger partial charge in [-0.3, -0.25) is 19.4 Å². The fourth-order valence-corrected chi connectivity index (χ4v) is 7.06. The number of aryl methyl sites for hydroxylation is 1. The van der Waals surface area contributed by atoms with Crippen molar-refractivity contribution in [2.75, 3.05) is 55.9 Å². The summed E-state index contributed by atoms with van der Waals surface area (Å²) in [4.78, 5) is 31.7. The predicted molar refractivity (Wildman–Crippen MR) is 212 cm³/mol. The molecule has 9 heteroatoms. The van der Waals surface area contributed by atoms with Gasteiger partial charge in [0, 0.05) is 45.1 Å². The van der Waals surface area contributed by atoms with Gasteiger partial charge in [0.2, 0.25) is 5.91 Å². The van der Waals surface area contributed by atoms with Crippen molar-refractivity contribution in [2.45, 2.75) is 110 Å². The lowest BCUT2D eigenvalue weighted by Crippen LogP contribution is -2.46. The monoisotopic (exact) mass is 739 g/mol. The first kappa shape index (κ1) is 40.8. The summed E-state index contributed by atoms with van der Waals surface area (Å²) in [6.07, 6.45) is 25.2. The number of fused-ring (bicyclic) bond motifs is 1. The maximum absolute atomic E-state index is 12.8. The number of anilines is 2. The van der Waals surface area contributed by atoms with Gasteiger partial charge < -0.3 is 14.4 Å². The zero-order valence-electron chi connectivity index (χ0n) is 30.8. The van der Waals surface area contributed by atoms with E-state index < -0.39 is 0 Å². The molecule has 2 aliphatic heterocycles. The molecule has 2 aromatic rings. The number of nitrogens with zero attached hydrogens (tertiary/aromatic N) is 3. The largest absolute Gasteiger partial charge is 0.494 e. The van der Waals surface area contributed by atoms with Gasteiger partial charge in [0.05, 0.1) is 28.0 Å². The van der Waals surface area contributed by atoms with Crippen LogP contribution in [-0.2, 0) is 20.7 Å². The van der Waals surface area contributed by atoms with E-state index >= 15 is 0 Å². The number of hydrogen-bond acceptors (Lipinski definition) is 6. The minimum atomic E-state index is -0.245. The number of halogens is 2. The Hall–Kier alpha value is -3.00. The van der Waals surface area contributed by atoms with E-state index in [2.05, 4.69) is 41.0 Å². The fourth-order valence-electron chi connectivity index (χ4n) is 6.64. The predicted octanol–water partition coefficient (Wildman–Crippen LogP) is 10.6. The number of carbonyl (C=O) groups is 2. The van der Waals surface area contributed by atoms with Gasteiger partial charge in [-0.1, -0.05) is 85.8 Å². The molecule has 0 unspecified atom stereocenters. The molecule has 0 aliphatic carbocycles. The molecule has 51 heavy (non-hydrogen) atoms. The third kappa shape index (κ3) is 14.5. The number of benzene rings is 2. The second-order valence-electron chi connectivity index (χ2n) is 13.7. The number of allylic oxidation sites excluding steroid dienone is 4. The van der Waals surface area contributed by atoms with Crippen molar-refractivity contribution >= 4 is 46.5 Å². The Morgan fingerprint density at radius 3 is 2.25 bits per heavy atom. The molecule has 0 N–H and O–H groups in total. The van der Waals surface area contributed by atoms with E-state index in [-0.39, 0.29) is 18.6 Å². The highest BCUT2D eigenvalue weighted by atomic mass is 35.5. The van der Waals surface area contributed by atoms with Gasteiger partial charge in [0.25, 0.3) is 0 Å². The normalized spacial score (nSPS) is 15.2. The maximum atomic E-state index is 12.8. The highest BCUT2D eigenvalue weighted by Crippen LogP contribution is 2.33. The molecule has 0 atom stereocenters. The zero-order chi connectivity index (χ0) is 36.1. The Morgan fingerprint density at radius 1 is 0.784 bits per heavy atom. The van der Waals surface area contributed by atoms with Crippen LogP contribution in [0.1, 0.15) is 109 Å². The molecule has 280 valence electrons. The topological polar surface area (TPSA) is 62.3 Å². The summed E-state index contributed by atoms with van der Waals surface area (Å²) in [6, 6.07) is 11.7. The van der Waals surface area contributed by atoms with Gasteiger partial charge in [0.1, 0.15) is 5.75 Å². The van der Waals surface area contributed by atoms with Gasteiger partial charge in [-0.05, 0) is 101 Å². The van der Waals surface area contributed by atoms with E-state index in [4.69, 9.17) is 32.7 Å². The van der Waals surface area contributed by atoms with Gasteiger partial charge >= 0.3 is 5.97 Å². The Bertz CT molecular complexity index is 1410. The number of amides is 1. The molecule has 0 bridgehead atoms. The van der Waals surface area contributed by atoms with Gasteiger partial charge in [0.15, 0.2) is 6.73 Å². The summed E-state index contributed by atoms with van der Waals surface area (Å²) in [6.45, 7) is 7.57. The van der Waals surface area contributed by atoms with Crippen molar-refractivity contribution in [2.24, 2.45) is 0 Å². The van der Waals surface area contributed by atoms with Crippen molar-refractivity contribution in [3.8, 4) is 5.75 Å². The molecule has 1 saturated heterocycles. The first-order chi connectivity index (χ1) is 25.0. The summed E-state index contributed by atoms with van der Waals surface area (Å²) >= 11 is 12.6. The zero-order valence-corrected chi connectivity index (χ0v) is 32.3. The number of esters is 1. The van der Waals surface area contributed by atoms with E-state index in [1.165, 1.54) is 38.5 Å². The van der Waals surface area contributed by atoms with Crippen LogP contribution < -0.4 is 14.5 Å². The lowest BCUT2D eigenvalue weighted by Gasteiger charge is -2.36. The summed E-state index contributed by atoms with van der Waals surface area (Å²) in [5.41, 5.74) is 2.87. The van der Waals surface area contributed by atoms with Crippen LogP contribution in [0.5, 0.6) is 5.75 Å². The van der Waals surface area contributed by atoms with Crippen molar-refractivity contribution in [3.63, 3.8) is 0 Å². The molecule has 0 spiro atoms. The second-order valence-corrected chi connectivity index (χ2v) is 14.4. The second kappa shape index (κ2) is 23.5. The average Bonchev–Trinajstić information content (AvgIpc) is 3.14. The van der Waals surface area contributed by atoms with Crippen molar-refractivity contribution < 1.29 is 19.1 Å². The van der Waals surface area contributed by atoms with Crippen molar-refractivity contribution in [1.82, 2.24) is 4.90 Å². The number of hydrogen-bond donors (Lipinski definition) is 0. The third-order valence-corrected chi connectivity index (χ3v) is 10.5. The Kier molecular flexibility index (Phi) is 18.8. The van der Waals surface area contributed by atoms with Crippen LogP contribution in [0.4, 0.5) is 11.4 Å². The molecule has 2 aromatic carbocycles. The minimum absolute atomic E-state index is 0.0247. The lowest BCUT2D eigenvalue weighted by atomic mass is 10.0. The first-order valence-electron chi connectivity index (χ1n) is 19.4. The maximum Gasteiger partial charge on any atom is 0.307 e. The highest BCUT2D eigenvalue weighted by molar-refractivity contribution is 6.43. The third-order valence-electron chi connectivity index (χ3n) is 9.71. The van der Waals surface area contributed by atoms with E-state index in [0.717, 1.165) is 100 Å². The first-order valence-corrected chi connectivity index (χ1v) is 20.1. The molecule has 1 amide bonds. The molecule has 4 rings (SSSR count). The minimum Gasteiger partial charge on any atom is -0.494 e. The van der Waals surface area contributed by atoms with E-state index in [1.807, 2.05) is 36.4 Å². The quantitative estimate of drug-likeness (QED) is 0.0642. The van der Waals surface area contributed by atoms with Crippen LogP contribution in [-0.4, -0.2) is 62.8 Å². The van der Waals surface area contributed by atoms with E-state index in [9.17, 15) is 9.59 Å². The smallest absolute Gasteiger partial charge is 0.307 e. The van der Waals surface area contributed by atoms with Gasteiger partial charge in [-0.15, -0.1) is 0 Å².